The quantitative estimate of drug-likeness (QED) is 0.712. The molecule has 0 amide bonds. The monoisotopic (exact) mass is 242 g/mol. The number of benzene rings is 1. The fourth-order valence-corrected chi connectivity index (χ4v) is 2.08. The second-order valence-corrected chi connectivity index (χ2v) is 4.08. The zero-order valence-corrected chi connectivity index (χ0v) is 9.47. The molecule has 5 nitrogen and oxygen atoms in total. The van der Waals surface area contributed by atoms with E-state index in [-0.39, 0.29) is 0 Å². The Morgan fingerprint density at radius 3 is 2.72 bits per heavy atom. The summed E-state index contributed by atoms with van der Waals surface area (Å²) in [5, 5.41) is 0. The molecule has 0 spiro atoms. The lowest BCUT2D eigenvalue weighted by Gasteiger charge is -2.17. The molecule has 2 aromatic heterocycles. The number of imidazole rings is 1. The Hall–Kier alpha value is -2.43. The van der Waals surface area contributed by atoms with Crippen LogP contribution in [0.1, 0.15) is 0 Å². The molecule has 4 rings (SSSR count). The van der Waals surface area contributed by atoms with Crippen LogP contribution in [0.4, 0.5) is 0 Å². The molecule has 90 valence electrons. The van der Waals surface area contributed by atoms with Gasteiger partial charge in [0.05, 0.1) is 17.3 Å². The molecule has 3 heterocycles. The van der Waals surface area contributed by atoms with Gasteiger partial charge in [0.1, 0.15) is 13.2 Å². The molecule has 0 fully saturated rings. The molecule has 0 bridgehead atoms. The minimum atomic E-state index is 0.577. The molecule has 18 heavy (non-hydrogen) atoms. The maximum absolute atomic E-state index is 5.54. The third-order valence-corrected chi connectivity index (χ3v) is 2.90. The Morgan fingerprint density at radius 1 is 1.11 bits per heavy atom. The predicted molar refractivity (Wildman–Crippen MR) is 64.8 cm³/mol. The first-order valence-corrected chi connectivity index (χ1v) is 5.73. The summed E-state index contributed by atoms with van der Waals surface area (Å²) < 4.78 is 16.4. The summed E-state index contributed by atoms with van der Waals surface area (Å²) in [6.45, 7) is 1.16. The number of ether oxygens (including phenoxy) is 2. The van der Waals surface area contributed by atoms with Gasteiger partial charge in [0.25, 0.3) is 0 Å². The lowest BCUT2D eigenvalue weighted by molar-refractivity contribution is 0.172. The Morgan fingerprint density at radius 2 is 1.94 bits per heavy atom. The summed E-state index contributed by atoms with van der Waals surface area (Å²) in [6, 6.07) is 7.49. The van der Waals surface area contributed by atoms with Gasteiger partial charge in [-0.3, -0.25) is 0 Å². The Kier molecular flexibility index (Phi) is 1.88. The summed E-state index contributed by atoms with van der Waals surface area (Å²) in [5.41, 5.74) is 1.75. The lowest BCUT2D eigenvalue weighted by atomic mass is 10.2. The largest absolute Gasteiger partial charge is 0.486 e. The van der Waals surface area contributed by atoms with Gasteiger partial charge in [0.15, 0.2) is 23.1 Å². The maximum Gasteiger partial charge on any atom is 0.174 e. The van der Waals surface area contributed by atoms with Crippen LogP contribution in [0.15, 0.2) is 34.9 Å². The molecule has 1 N–H and O–H groups in total. The van der Waals surface area contributed by atoms with E-state index in [1.165, 1.54) is 0 Å². The fraction of sp³-hybridized carbons (Fsp3) is 0.154. The molecular weight excluding hydrogens is 232 g/mol. The minimum Gasteiger partial charge on any atom is -0.486 e. The van der Waals surface area contributed by atoms with Gasteiger partial charge in [0, 0.05) is 12.1 Å². The van der Waals surface area contributed by atoms with Crippen LogP contribution in [0.25, 0.3) is 22.6 Å². The average Bonchev–Trinajstić information content (AvgIpc) is 3.04. The van der Waals surface area contributed by atoms with E-state index in [0.29, 0.717) is 24.8 Å². The molecule has 1 aliphatic heterocycles. The molecule has 3 aromatic rings. The molecule has 5 heteroatoms. The van der Waals surface area contributed by atoms with E-state index in [1.807, 2.05) is 24.3 Å². The highest BCUT2D eigenvalue weighted by atomic mass is 16.6. The van der Waals surface area contributed by atoms with Gasteiger partial charge in [-0.1, -0.05) is 0 Å². The third-order valence-electron chi connectivity index (χ3n) is 2.90. The zero-order chi connectivity index (χ0) is 11.9. The van der Waals surface area contributed by atoms with Crippen molar-refractivity contribution in [1.29, 1.82) is 0 Å². The van der Waals surface area contributed by atoms with Crippen LogP contribution in [-0.4, -0.2) is 23.2 Å². The number of furan rings is 1. The van der Waals surface area contributed by atoms with Crippen molar-refractivity contribution in [3.05, 3.63) is 30.5 Å². The van der Waals surface area contributed by atoms with E-state index in [2.05, 4.69) is 9.97 Å². The second kappa shape index (κ2) is 3.53. The van der Waals surface area contributed by atoms with E-state index in [1.54, 1.807) is 6.26 Å². The van der Waals surface area contributed by atoms with Gasteiger partial charge in [-0.25, -0.2) is 4.98 Å². The second-order valence-electron chi connectivity index (χ2n) is 4.08. The average molecular weight is 242 g/mol. The lowest BCUT2D eigenvalue weighted by Crippen LogP contribution is -2.15. The maximum atomic E-state index is 5.54. The van der Waals surface area contributed by atoms with Crippen molar-refractivity contribution >= 4 is 11.0 Å². The Balaban J connectivity index is 1.90. The number of hydrogen-bond acceptors (Lipinski definition) is 4. The van der Waals surface area contributed by atoms with Gasteiger partial charge < -0.3 is 18.9 Å². The summed E-state index contributed by atoms with van der Waals surface area (Å²) in [5.74, 6) is 2.91. The number of aromatic nitrogens is 2. The van der Waals surface area contributed by atoms with Gasteiger partial charge in [-0.2, -0.15) is 0 Å². The molecule has 0 saturated carbocycles. The Labute approximate surface area is 102 Å². The Bertz CT molecular complexity index is 657. The summed E-state index contributed by atoms with van der Waals surface area (Å²) in [6.07, 6.45) is 1.62. The summed E-state index contributed by atoms with van der Waals surface area (Å²) >= 11 is 0. The fourth-order valence-electron chi connectivity index (χ4n) is 2.08. The normalized spacial score (nSPS) is 14.0. The van der Waals surface area contributed by atoms with E-state index >= 15 is 0 Å². The van der Waals surface area contributed by atoms with Gasteiger partial charge in [0.2, 0.25) is 0 Å². The van der Waals surface area contributed by atoms with Crippen molar-refractivity contribution in [3.63, 3.8) is 0 Å². The first-order chi connectivity index (χ1) is 8.90. The smallest absolute Gasteiger partial charge is 0.174 e. The highest BCUT2D eigenvalue weighted by Gasteiger charge is 2.15. The van der Waals surface area contributed by atoms with Crippen molar-refractivity contribution in [1.82, 2.24) is 9.97 Å². The summed E-state index contributed by atoms with van der Waals surface area (Å²) in [7, 11) is 0. The van der Waals surface area contributed by atoms with Crippen molar-refractivity contribution in [2.75, 3.05) is 13.2 Å². The number of nitrogens with one attached hydrogen (secondary N) is 1. The van der Waals surface area contributed by atoms with Crippen LogP contribution < -0.4 is 9.47 Å². The minimum absolute atomic E-state index is 0.577. The van der Waals surface area contributed by atoms with E-state index in [4.69, 9.17) is 13.9 Å². The van der Waals surface area contributed by atoms with Crippen molar-refractivity contribution in [2.24, 2.45) is 0 Å². The first kappa shape index (κ1) is 9.58. The third kappa shape index (κ3) is 1.37. The number of fused-ring (bicyclic) bond motifs is 2. The number of H-pyrrole nitrogens is 1. The number of hydrogen-bond donors (Lipinski definition) is 1. The highest BCUT2D eigenvalue weighted by Crippen LogP contribution is 2.34. The molecule has 0 radical (unpaired) electrons. The van der Waals surface area contributed by atoms with Gasteiger partial charge in [-0.15, -0.1) is 0 Å². The molecule has 0 unspecified atom stereocenters. The first-order valence-electron chi connectivity index (χ1n) is 5.73. The van der Waals surface area contributed by atoms with Crippen molar-refractivity contribution in [2.45, 2.75) is 0 Å². The van der Waals surface area contributed by atoms with Gasteiger partial charge in [-0.05, 0) is 12.1 Å². The molecular formula is C13H10N2O3. The van der Waals surface area contributed by atoms with E-state index < -0.39 is 0 Å². The van der Waals surface area contributed by atoms with Crippen LogP contribution >= 0.6 is 0 Å². The highest BCUT2D eigenvalue weighted by molar-refractivity contribution is 5.82. The van der Waals surface area contributed by atoms with Crippen LogP contribution in [0, 0.1) is 0 Å². The predicted octanol–water partition coefficient (Wildman–Crippen LogP) is 2.59. The number of rotatable bonds is 1. The summed E-state index contributed by atoms with van der Waals surface area (Å²) in [4.78, 5) is 7.69. The topological polar surface area (TPSA) is 60.3 Å². The van der Waals surface area contributed by atoms with Crippen LogP contribution in [0.3, 0.4) is 0 Å². The van der Waals surface area contributed by atoms with E-state index in [9.17, 15) is 0 Å². The number of nitrogens with zero attached hydrogens (tertiary/aromatic N) is 1. The standard InChI is InChI=1S/C13H10N2O3/c1-2-10(16-3-1)13-14-8-6-11-12(7-9(8)15-13)18-5-4-17-11/h1-3,6-7H,4-5H2,(H,14,15). The van der Waals surface area contributed by atoms with Crippen LogP contribution in [0.2, 0.25) is 0 Å². The van der Waals surface area contributed by atoms with Crippen molar-refractivity contribution in [3.8, 4) is 23.1 Å². The SMILES string of the molecule is c1coc(-c2nc3cc4c(cc3[nH]2)OCCO4)c1. The molecule has 0 atom stereocenters. The molecule has 0 aliphatic carbocycles. The molecule has 1 aromatic carbocycles. The molecule has 0 saturated heterocycles. The van der Waals surface area contributed by atoms with E-state index in [0.717, 1.165) is 22.5 Å². The van der Waals surface area contributed by atoms with Gasteiger partial charge >= 0.3 is 0 Å². The van der Waals surface area contributed by atoms with Crippen LogP contribution in [-0.2, 0) is 0 Å². The van der Waals surface area contributed by atoms with Crippen molar-refractivity contribution < 1.29 is 13.9 Å². The number of aromatic amines is 1. The molecule has 1 aliphatic rings. The van der Waals surface area contributed by atoms with Crippen LogP contribution in [0.5, 0.6) is 11.5 Å². The zero-order valence-electron chi connectivity index (χ0n) is 9.47.